The summed E-state index contributed by atoms with van der Waals surface area (Å²) in [6.07, 6.45) is 2.16. The average Bonchev–Trinajstić information content (AvgIpc) is 2.63. The van der Waals surface area contributed by atoms with Crippen LogP contribution in [0.25, 0.3) is 0 Å². The zero-order chi connectivity index (χ0) is 10.7. The Labute approximate surface area is 82.0 Å². The Morgan fingerprint density at radius 1 is 1.71 bits per heavy atom. The van der Waals surface area contributed by atoms with E-state index in [2.05, 4.69) is 5.10 Å². The third-order valence-electron chi connectivity index (χ3n) is 2.18. The molecule has 5 nitrogen and oxygen atoms in total. The summed E-state index contributed by atoms with van der Waals surface area (Å²) in [5, 5.41) is 22.3. The van der Waals surface area contributed by atoms with Gasteiger partial charge in [0.15, 0.2) is 0 Å². The number of carboxylic acids is 1. The highest BCUT2D eigenvalue weighted by Crippen LogP contribution is 2.21. The van der Waals surface area contributed by atoms with Crippen LogP contribution in [0, 0.1) is 5.92 Å². The lowest BCUT2D eigenvalue weighted by Crippen LogP contribution is -2.18. The normalized spacial score (nSPS) is 15.1. The van der Waals surface area contributed by atoms with E-state index in [4.69, 9.17) is 5.11 Å². The van der Waals surface area contributed by atoms with Crippen LogP contribution in [0.3, 0.4) is 0 Å². The van der Waals surface area contributed by atoms with Crippen molar-refractivity contribution in [3.05, 3.63) is 18.0 Å². The van der Waals surface area contributed by atoms with Gasteiger partial charge < -0.3 is 10.2 Å². The number of aliphatic carboxylic acids is 1. The molecule has 0 aromatic carbocycles. The van der Waals surface area contributed by atoms with Crippen LogP contribution in [-0.2, 0) is 11.3 Å². The van der Waals surface area contributed by atoms with Crippen LogP contribution in [0.1, 0.15) is 25.5 Å². The molecule has 5 heteroatoms. The van der Waals surface area contributed by atoms with Gasteiger partial charge in [-0.1, -0.05) is 0 Å². The molecule has 0 spiro atoms. The second-order valence-electron chi connectivity index (χ2n) is 3.20. The minimum atomic E-state index is -1.01. The van der Waals surface area contributed by atoms with Crippen molar-refractivity contribution >= 4 is 5.97 Å². The molecule has 0 aliphatic rings. The first-order valence-electron chi connectivity index (χ1n) is 4.49. The summed E-state index contributed by atoms with van der Waals surface area (Å²) in [6.45, 7) is 4.09. The van der Waals surface area contributed by atoms with Crippen molar-refractivity contribution in [1.82, 2.24) is 9.78 Å². The van der Waals surface area contributed by atoms with E-state index in [1.54, 1.807) is 10.9 Å². The molecule has 2 unspecified atom stereocenters. The maximum atomic E-state index is 10.6. The van der Waals surface area contributed by atoms with Crippen molar-refractivity contribution in [2.45, 2.75) is 26.5 Å². The van der Waals surface area contributed by atoms with Crippen LogP contribution in [0.4, 0.5) is 0 Å². The molecule has 0 aliphatic heterocycles. The zero-order valence-corrected chi connectivity index (χ0v) is 8.21. The first-order chi connectivity index (χ1) is 6.56. The molecule has 0 fully saturated rings. The molecule has 1 aromatic rings. The lowest BCUT2D eigenvalue weighted by atomic mass is 10.0. The Kier molecular flexibility index (Phi) is 3.24. The van der Waals surface area contributed by atoms with E-state index in [-0.39, 0.29) is 0 Å². The van der Waals surface area contributed by atoms with Gasteiger partial charge in [-0.05, 0) is 13.8 Å². The number of hydrogen-bond donors (Lipinski definition) is 2. The lowest BCUT2D eigenvalue weighted by Gasteiger charge is -2.12. The standard InChI is InChI=1S/C9H14N2O3/c1-3-11-5-7(4-10-11)8(12)6(2)9(13)14/h4-6,8,12H,3H2,1-2H3,(H,13,14). The van der Waals surface area contributed by atoms with E-state index in [1.807, 2.05) is 6.92 Å². The summed E-state index contributed by atoms with van der Waals surface area (Å²) in [7, 11) is 0. The number of aromatic nitrogens is 2. The lowest BCUT2D eigenvalue weighted by molar-refractivity contribution is -0.145. The molecule has 2 atom stereocenters. The van der Waals surface area contributed by atoms with Gasteiger partial charge >= 0.3 is 5.97 Å². The largest absolute Gasteiger partial charge is 0.481 e. The van der Waals surface area contributed by atoms with Crippen molar-refractivity contribution in [2.75, 3.05) is 0 Å². The maximum Gasteiger partial charge on any atom is 0.309 e. The summed E-state index contributed by atoms with van der Waals surface area (Å²) in [4.78, 5) is 10.6. The Balaban J connectivity index is 2.78. The Morgan fingerprint density at radius 2 is 2.36 bits per heavy atom. The maximum absolute atomic E-state index is 10.6. The topological polar surface area (TPSA) is 75.4 Å². The Hall–Kier alpha value is -1.36. The first-order valence-corrected chi connectivity index (χ1v) is 4.49. The number of aliphatic hydroxyl groups excluding tert-OH is 1. The molecule has 1 rings (SSSR count). The predicted octanol–water partition coefficient (Wildman–Crippen LogP) is 0.657. The summed E-state index contributed by atoms with van der Waals surface area (Å²) < 4.78 is 1.65. The second-order valence-corrected chi connectivity index (χ2v) is 3.20. The van der Waals surface area contributed by atoms with E-state index in [0.717, 1.165) is 0 Å². The second kappa shape index (κ2) is 4.23. The highest BCUT2D eigenvalue weighted by molar-refractivity contribution is 5.70. The molecule has 0 saturated heterocycles. The number of nitrogens with zero attached hydrogens (tertiary/aromatic N) is 2. The van der Waals surface area contributed by atoms with E-state index in [1.165, 1.54) is 13.1 Å². The number of carbonyl (C=O) groups is 1. The third kappa shape index (κ3) is 2.11. The van der Waals surface area contributed by atoms with Crippen LogP contribution >= 0.6 is 0 Å². The summed E-state index contributed by atoms with van der Waals surface area (Å²) in [5.41, 5.74) is 0.543. The summed E-state index contributed by atoms with van der Waals surface area (Å²) >= 11 is 0. The van der Waals surface area contributed by atoms with E-state index >= 15 is 0 Å². The Bertz CT molecular complexity index is 322. The fourth-order valence-corrected chi connectivity index (χ4v) is 1.13. The van der Waals surface area contributed by atoms with Crippen molar-refractivity contribution < 1.29 is 15.0 Å². The van der Waals surface area contributed by atoms with Gasteiger partial charge in [-0.2, -0.15) is 5.10 Å². The minimum absolute atomic E-state index is 0.543. The summed E-state index contributed by atoms with van der Waals surface area (Å²) in [6, 6.07) is 0. The van der Waals surface area contributed by atoms with Crippen LogP contribution in [0.2, 0.25) is 0 Å². The van der Waals surface area contributed by atoms with Gasteiger partial charge in [0.25, 0.3) is 0 Å². The van der Waals surface area contributed by atoms with Gasteiger partial charge in [0.1, 0.15) is 0 Å². The molecule has 78 valence electrons. The number of aliphatic hydroxyl groups is 1. The van der Waals surface area contributed by atoms with E-state index in [0.29, 0.717) is 12.1 Å². The molecule has 0 saturated carbocycles. The summed E-state index contributed by atoms with van der Waals surface area (Å²) in [5.74, 6) is -1.83. The van der Waals surface area contributed by atoms with E-state index in [9.17, 15) is 9.90 Å². The van der Waals surface area contributed by atoms with Crippen molar-refractivity contribution in [2.24, 2.45) is 5.92 Å². The highest BCUT2D eigenvalue weighted by atomic mass is 16.4. The molecular formula is C9H14N2O3. The monoisotopic (exact) mass is 198 g/mol. The molecule has 1 heterocycles. The quantitative estimate of drug-likeness (QED) is 0.745. The van der Waals surface area contributed by atoms with Gasteiger partial charge in [0, 0.05) is 18.3 Å². The third-order valence-corrected chi connectivity index (χ3v) is 2.18. The molecule has 0 amide bonds. The van der Waals surface area contributed by atoms with Gasteiger partial charge in [-0.25, -0.2) is 0 Å². The van der Waals surface area contributed by atoms with E-state index < -0.39 is 18.0 Å². The van der Waals surface area contributed by atoms with Crippen molar-refractivity contribution in [3.63, 3.8) is 0 Å². The first kappa shape index (κ1) is 10.7. The van der Waals surface area contributed by atoms with Gasteiger partial charge in [0.05, 0.1) is 18.2 Å². The SMILES string of the molecule is CCn1cc(C(O)C(C)C(=O)O)cn1. The van der Waals surface area contributed by atoms with Crippen LogP contribution in [0.5, 0.6) is 0 Å². The molecule has 0 aliphatic carbocycles. The number of carboxylic acid groups (broad SMARTS) is 1. The molecular weight excluding hydrogens is 184 g/mol. The molecule has 1 aromatic heterocycles. The van der Waals surface area contributed by atoms with Gasteiger partial charge in [-0.15, -0.1) is 0 Å². The highest BCUT2D eigenvalue weighted by Gasteiger charge is 2.23. The molecule has 14 heavy (non-hydrogen) atoms. The van der Waals surface area contributed by atoms with Gasteiger partial charge in [0.2, 0.25) is 0 Å². The fourth-order valence-electron chi connectivity index (χ4n) is 1.13. The number of hydrogen-bond acceptors (Lipinski definition) is 3. The van der Waals surface area contributed by atoms with Crippen LogP contribution in [0.15, 0.2) is 12.4 Å². The molecule has 0 bridgehead atoms. The smallest absolute Gasteiger partial charge is 0.309 e. The van der Waals surface area contributed by atoms with Crippen molar-refractivity contribution in [3.8, 4) is 0 Å². The fraction of sp³-hybridized carbons (Fsp3) is 0.556. The average molecular weight is 198 g/mol. The van der Waals surface area contributed by atoms with Crippen LogP contribution < -0.4 is 0 Å². The number of rotatable bonds is 4. The van der Waals surface area contributed by atoms with Crippen molar-refractivity contribution in [1.29, 1.82) is 0 Å². The Morgan fingerprint density at radius 3 is 2.79 bits per heavy atom. The zero-order valence-electron chi connectivity index (χ0n) is 8.21. The molecule has 2 N–H and O–H groups in total. The van der Waals surface area contributed by atoms with Gasteiger partial charge in [-0.3, -0.25) is 9.48 Å². The molecule has 0 radical (unpaired) electrons. The predicted molar refractivity (Wildman–Crippen MR) is 49.7 cm³/mol. The minimum Gasteiger partial charge on any atom is -0.481 e. The number of aryl methyl sites for hydroxylation is 1. The van der Waals surface area contributed by atoms with Crippen LogP contribution in [-0.4, -0.2) is 26.0 Å².